The van der Waals surface area contributed by atoms with Crippen molar-refractivity contribution < 1.29 is 96.0 Å². The summed E-state index contributed by atoms with van der Waals surface area (Å²) in [5, 5.41) is 34.5. The van der Waals surface area contributed by atoms with Crippen molar-refractivity contribution >= 4 is 17.7 Å². The number of ether oxygens (including phenoxy) is 14. The quantitative estimate of drug-likeness (QED) is 0.130. The van der Waals surface area contributed by atoms with Gasteiger partial charge in [0.15, 0.2) is 25.2 Å². The fourth-order valence-corrected chi connectivity index (χ4v) is 15.1. The predicted octanol–water partition coefficient (Wildman–Crippen LogP) is 4.85. The van der Waals surface area contributed by atoms with Gasteiger partial charge in [-0.15, -0.1) is 0 Å². The molecule has 7 fully saturated rings. The molecule has 76 heavy (non-hydrogen) atoms. The highest BCUT2D eigenvalue weighted by atomic mass is 16.8. The lowest BCUT2D eigenvalue weighted by Crippen LogP contribution is -2.72. The third-order valence-corrected chi connectivity index (χ3v) is 19.0. The molecule has 20 nitrogen and oxygen atoms in total. The van der Waals surface area contributed by atoms with Gasteiger partial charge in [0.25, 0.3) is 0 Å². The maximum Gasteiger partial charge on any atom is 0.306 e. The molecule has 26 atom stereocenters. The van der Waals surface area contributed by atoms with Crippen molar-refractivity contribution in [1.82, 2.24) is 0 Å². The van der Waals surface area contributed by atoms with Crippen molar-refractivity contribution in [3.8, 4) is 0 Å². The van der Waals surface area contributed by atoms with Crippen LogP contribution >= 0.6 is 0 Å². The Morgan fingerprint density at radius 1 is 0.671 bits per heavy atom. The van der Waals surface area contributed by atoms with Crippen LogP contribution in [0.2, 0.25) is 0 Å². The Morgan fingerprint density at radius 3 is 1.71 bits per heavy atom. The highest BCUT2D eigenvalue weighted by Crippen LogP contribution is 2.69. The van der Waals surface area contributed by atoms with Gasteiger partial charge in [0.1, 0.15) is 54.6 Å². The third-order valence-electron chi connectivity index (χ3n) is 19.0. The minimum atomic E-state index is -1.36. The van der Waals surface area contributed by atoms with Crippen LogP contribution in [0.25, 0.3) is 0 Å². The van der Waals surface area contributed by atoms with Gasteiger partial charge >= 0.3 is 11.9 Å². The molecule has 0 aromatic carbocycles. The smallest absolute Gasteiger partial charge is 0.306 e. The van der Waals surface area contributed by atoms with Gasteiger partial charge in [-0.25, -0.2) is 0 Å². The number of hydrogen-bond acceptors (Lipinski definition) is 20. The van der Waals surface area contributed by atoms with E-state index in [9.17, 15) is 29.7 Å². The monoisotopic (exact) mass is 1080 g/mol. The van der Waals surface area contributed by atoms with Gasteiger partial charge in [0.05, 0.1) is 54.4 Å². The van der Waals surface area contributed by atoms with Crippen LogP contribution in [0.4, 0.5) is 0 Å². The lowest BCUT2D eigenvalue weighted by molar-refractivity contribution is -0.355. The topological polar surface area (TPSA) is 241 Å². The number of hydrogen-bond donors (Lipinski definition) is 3. The number of carbonyl (C=O) groups is 3. The molecule has 20 heteroatoms. The number of fused-ring (bicyclic) bond motifs is 5. The summed E-state index contributed by atoms with van der Waals surface area (Å²) < 4.78 is 87.6. The van der Waals surface area contributed by atoms with E-state index < -0.39 is 157 Å². The van der Waals surface area contributed by atoms with E-state index in [1.54, 1.807) is 28.3 Å². The van der Waals surface area contributed by atoms with Gasteiger partial charge < -0.3 is 81.6 Å². The molecule has 0 bridgehead atoms. The third kappa shape index (κ3) is 11.4. The van der Waals surface area contributed by atoms with Crippen LogP contribution in [0.5, 0.6) is 0 Å². The predicted molar refractivity (Wildman–Crippen MR) is 269 cm³/mol. The number of aliphatic hydroxyl groups excluding tert-OH is 2. The summed E-state index contributed by atoms with van der Waals surface area (Å²) in [6.45, 7) is 18.2. The highest BCUT2D eigenvalue weighted by molar-refractivity contribution is 5.80. The van der Waals surface area contributed by atoms with Gasteiger partial charge in [0, 0.05) is 78.3 Å². The second-order valence-corrected chi connectivity index (χ2v) is 24.0. The Balaban J connectivity index is 0.886. The SMILES string of the molecule is COC1CC(O[C@H]2CC[C@@]3(C)C(=CC[C@@H]4C3[C@H](OC(C)=O)[C@@H](OC(=O)CC(C)C)[C@]3(C)[C@@H](C(C)=O)CC[C@]43O)C2)OC(C)C1OC1CC(OC)C(OC2CC(OC)C(OC3OC(C)C(O)C(OC)C3O)C(C)O2)C(C)O1. The van der Waals surface area contributed by atoms with Crippen LogP contribution in [-0.4, -0.2) is 190 Å². The first kappa shape index (κ1) is 59.9. The summed E-state index contributed by atoms with van der Waals surface area (Å²) in [6.07, 6.45) is -6.82. The minimum absolute atomic E-state index is 0.0132. The largest absolute Gasteiger partial charge is 0.458 e. The van der Waals surface area contributed by atoms with Crippen molar-refractivity contribution in [2.45, 2.75) is 262 Å². The van der Waals surface area contributed by atoms with E-state index in [0.717, 1.165) is 5.57 Å². The molecule has 3 N–H and O–H groups in total. The van der Waals surface area contributed by atoms with Gasteiger partial charge in [-0.05, 0) is 90.4 Å². The van der Waals surface area contributed by atoms with Gasteiger partial charge in [-0.2, -0.15) is 0 Å². The molecule has 4 saturated heterocycles. The fourth-order valence-electron chi connectivity index (χ4n) is 15.1. The number of rotatable bonds is 17. The molecule has 8 rings (SSSR count). The summed E-state index contributed by atoms with van der Waals surface area (Å²) in [7, 11) is 6.27. The molecular formula is C56H90O20. The van der Waals surface area contributed by atoms with E-state index in [0.29, 0.717) is 57.8 Å². The molecule has 4 heterocycles. The van der Waals surface area contributed by atoms with Gasteiger partial charge in [0.2, 0.25) is 0 Å². The van der Waals surface area contributed by atoms with E-state index in [1.165, 1.54) is 21.0 Å². The summed E-state index contributed by atoms with van der Waals surface area (Å²) >= 11 is 0. The van der Waals surface area contributed by atoms with E-state index in [-0.39, 0.29) is 30.1 Å². The number of allylic oxidation sites excluding steroid dienone is 1. The standard InChI is InChI=1S/C56H90O20/c1-26(2)21-40(59)73-52-50(71-32(8)58)44-36(56(62)20-18-35(27(3)57)55(52,56)10)16-15-33-22-34(17-19-54(33,44)9)72-41-23-37(63-11)47(29(5)67-41)74-42-24-38(64-12)48(30(6)68-42)75-43-25-39(65-13)49(31(7)69-43)76-53-46(61)51(66-14)45(60)28(4)70-53/h15,26,28-31,34-39,41-53,60-62H,16-25H2,1-14H3/t28?,29?,30?,31?,34-,35+,36+,37?,38?,39?,41?,42?,43?,44?,45?,46?,47?,48?,49?,50-,51?,52+,53?,54-,55-,56-/m0/s1. The number of esters is 2. The summed E-state index contributed by atoms with van der Waals surface area (Å²) in [5.74, 6) is -2.34. The Kier molecular flexibility index (Phi) is 19.0. The number of methoxy groups -OCH3 is 4. The molecule has 0 amide bonds. The molecule has 0 radical (unpaired) electrons. The lowest BCUT2D eigenvalue weighted by atomic mass is 9.44. The van der Waals surface area contributed by atoms with Crippen molar-refractivity contribution in [2.75, 3.05) is 28.4 Å². The van der Waals surface area contributed by atoms with Crippen LogP contribution < -0.4 is 0 Å². The molecule has 4 aliphatic carbocycles. The zero-order valence-corrected chi connectivity index (χ0v) is 47.3. The molecule has 3 saturated carbocycles. The van der Waals surface area contributed by atoms with Crippen molar-refractivity contribution in [2.24, 2.45) is 34.5 Å². The minimum Gasteiger partial charge on any atom is -0.458 e. The average Bonchev–Trinajstić information content (AvgIpc) is 3.86. The number of Topliss-reactive ketones (excluding diaryl/α,β-unsaturated/α-hetero) is 1. The summed E-state index contributed by atoms with van der Waals surface area (Å²) in [6, 6.07) is 0. The molecule has 0 aromatic rings. The summed E-state index contributed by atoms with van der Waals surface area (Å²) in [5.41, 5.74) is -1.94. The number of carbonyl (C=O) groups excluding carboxylic acids is 3. The van der Waals surface area contributed by atoms with Crippen LogP contribution in [0.3, 0.4) is 0 Å². The highest BCUT2D eigenvalue weighted by Gasteiger charge is 2.75. The first-order valence-electron chi connectivity index (χ1n) is 27.9. The maximum atomic E-state index is 13.6. The number of ketones is 1. The zero-order chi connectivity index (χ0) is 55.3. The second kappa shape index (κ2) is 24.1. The van der Waals surface area contributed by atoms with Crippen LogP contribution in [0, 0.1) is 34.5 Å². The number of aliphatic hydroxyl groups is 3. The van der Waals surface area contributed by atoms with E-state index in [1.807, 2.05) is 41.5 Å². The normalized spacial score (nSPS) is 48.5. The Morgan fingerprint density at radius 2 is 1.21 bits per heavy atom. The average molecular weight is 1080 g/mol. The van der Waals surface area contributed by atoms with E-state index in [2.05, 4.69) is 13.0 Å². The van der Waals surface area contributed by atoms with Crippen molar-refractivity contribution in [3.63, 3.8) is 0 Å². The van der Waals surface area contributed by atoms with Gasteiger partial charge in [-0.1, -0.05) is 39.3 Å². The lowest BCUT2D eigenvalue weighted by Gasteiger charge is -2.64. The van der Waals surface area contributed by atoms with E-state index in [4.69, 9.17) is 66.3 Å². The van der Waals surface area contributed by atoms with Crippen LogP contribution in [-0.2, 0) is 80.7 Å². The molecule has 8 aliphatic rings. The van der Waals surface area contributed by atoms with E-state index >= 15 is 0 Å². The Hall–Kier alpha value is -2.25. The first-order valence-corrected chi connectivity index (χ1v) is 27.9. The summed E-state index contributed by atoms with van der Waals surface area (Å²) in [4.78, 5) is 40.0. The van der Waals surface area contributed by atoms with Crippen molar-refractivity contribution in [3.05, 3.63) is 11.6 Å². The second-order valence-electron chi connectivity index (χ2n) is 24.0. The Bertz CT molecular complexity index is 2040. The molecule has 0 spiro atoms. The van der Waals surface area contributed by atoms with Crippen LogP contribution in [0.15, 0.2) is 11.6 Å². The molecule has 18 unspecified atom stereocenters. The van der Waals surface area contributed by atoms with Crippen molar-refractivity contribution in [1.29, 1.82) is 0 Å². The van der Waals surface area contributed by atoms with Gasteiger partial charge in [-0.3, -0.25) is 14.4 Å². The zero-order valence-electron chi connectivity index (χ0n) is 47.3. The first-order chi connectivity index (χ1) is 35.9. The molecule has 4 aliphatic heterocycles. The molecule has 434 valence electrons. The Labute approximate surface area is 449 Å². The molecular weight excluding hydrogens is 993 g/mol. The fraction of sp³-hybridized carbons (Fsp3) is 0.911. The van der Waals surface area contributed by atoms with Crippen LogP contribution in [0.1, 0.15) is 133 Å². The maximum absolute atomic E-state index is 13.6. The molecule has 0 aromatic heterocycles.